The van der Waals surface area contributed by atoms with Crippen LogP contribution >= 0.6 is 0 Å². The number of hydrogen-bond donors (Lipinski definition) is 1. The van der Waals surface area contributed by atoms with Crippen molar-refractivity contribution < 1.29 is 13.2 Å². The van der Waals surface area contributed by atoms with Crippen molar-refractivity contribution in [1.29, 1.82) is 0 Å². The SMILES string of the molecule is CCCNC1CCC(CC)CC1CN(C)CCC(F)(F)F. The molecule has 0 bridgehead atoms. The Kier molecular flexibility index (Phi) is 8.03. The summed E-state index contributed by atoms with van der Waals surface area (Å²) in [6, 6.07) is 0.473. The van der Waals surface area contributed by atoms with Gasteiger partial charge in [-0.25, -0.2) is 0 Å². The molecule has 5 heteroatoms. The zero-order valence-corrected chi connectivity index (χ0v) is 13.7. The van der Waals surface area contributed by atoms with E-state index < -0.39 is 12.6 Å². The Morgan fingerprint density at radius 3 is 2.48 bits per heavy atom. The predicted molar refractivity (Wildman–Crippen MR) is 81.4 cm³/mol. The Bertz CT molecular complexity index is 281. The largest absolute Gasteiger partial charge is 0.390 e. The first-order valence-corrected chi connectivity index (χ1v) is 8.34. The number of rotatable bonds is 8. The molecule has 0 amide bonds. The quantitative estimate of drug-likeness (QED) is 0.727. The highest BCUT2D eigenvalue weighted by atomic mass is 19.4. The van der Waals surface area contributed by atoms with E-state index in [1.165, 1.54) is 12.8 Å². The average Bonchev–Trinajstić information content (AvgIpc) is 2.43. The van der Waals surface area contributed by atoms with Crippen LogP contribution in [-0.2, 0) is 0 Å². The smallest absolute Gasteiger partial charge is 0.314 e. The summed E-state index contributed by atoms with van der Waals surface area (Å²) in [5, 5.41) is 3.59. The van der Waals surface area contributed by atoms with Crippen LogP contribution in [0.4, 0.5) is 13.2 Å². The van der Waals surface area contributed by atoms with Crippen molar-refractivity contribution in [2.45, 2.75) is 64.6 Å². The van der Waals surface area contributed by atoms with Crippen LogP contribution in [0.5, 0.6) is 0 Å². The van der Waals surface area contributed by atoms with Gasteiger partial charge in [-0.2, -0.15) is 13.2 Å². The maximum absolute atomic E-state index is 12.3. The fourth-order valence-corrected chi connectivity index (χ4v) is 3.34. The summed E-state index contributed by atoms with van der Waals surface area (Å²) in [4.78, 5) is 1.86. The predicted octanol–water partition coefficient (Wildman–Crippen LogP) is 4.07. The lowest BCUT2D eigenvalue weighted by molar-refractivity contribution is -0.137. The van der Waals surface area contributed by atoms with Crippen LogP contribution in [-0.4, -0.2) is 43.8 Å². The van der Waals surface area contributed by atoms with E-state index in [2.05, 4.69) is 19.2 Å². The molecule has 1 saturated carbocycles. The fraction of sp³-hybridized carbons (Fsp3) is 1.00. The number of halogens is 3. The molecule has 0 aromatic carbocycles. The summed E-state index contributed by atoms with van der Waals surface area (Å²) in [7, 11) is 1.82. The van der Waals surface area contributed by atoms with E-state index in [9.17, 15) is 13.2 Å². The normalized spacial score (nSPS) is 27.3. The highest BCUT2D eigenvalue weighted by Crippen LogP contribution is 2.32. The second-order valence-electron chi connectivity index (χ2n) is 6.54. The zero-order chi connectivity index (χ0) is 15.9. The second kappa shape index (κ2) is 8.99. The maximum Gasteiger partial charge on any atom is 0.390 e. The Labute approximate surface area is 127 Å². The molecule has 126 valence electrons. The van der Waals surface area contributed by atoms with Crippen LogP contribution in [0.2, 0.25) is 0 Å². The first kappa shape index (κ1) is 18.8. The lowest BCUT2D eigenvalue weighted by Crippen LogP contribution is -2.45. The molecule has 0 aromatic rings. The number of nitrogens with one attached hydrogen (secondary N) is 1. The lowest BCUT2D eigenvalue weighted by atomic mass is 9.76. The average molecular weight is 308 g/mol. The van der Waals surface area contributed by atoms with Gasteiger partial charge in [0.1, 0.15) is 0 Å². The zero-order valence-electron chi connectivity index (χ0n) is 13.7. The first-order valence-electron chi connectivity index (χ1n) is 8.34. The van der Waals surface area contributed by atoms with Crippen molar-refractivity contribution in [3.8, 4) is 0 Å². The molecule has 1 fully saturated rings. The summed E-state index contributed by atoms with van der Waals surface area (Å²) >= 11 is 0. The summed E-state index contributed by atoms with van der Waals surface area (Å²) in [5.74, 6) is 1.22. The van der Waals surface area contributed by atoms with Crippen molar-refractivity contribution in [2.24, 2.45) is 11.8 Å². The molecule has 0 spiro atoms. The molecule has 2 nitrogen and oxygen atoms in total. The molecule has 0 saturated heterocycles. The van der Waals surface area contributed by atoms with Crippen LogP contribution in [0, 0.1) is 11.8 Å². The van der Waals surface area contributed by atoms with Gasteiger partial charge in [0.05, 0.1) is 6.42 Å². The maximum atomic E-state index is 12.3. The standard InChI is InChI=1S/C16H31F3N2/c1-4-9-20-15-7-6-13(5-2)11-14(15)12-21(3)10-8-16(17,18)19/h13-15,20H,4-12H2,1-3H3. The van der Waals surface area contributed by atoms with Gasteiger partial charge in [0.2, 0.25) is 0 Å². The van der Waals surface area contributed by atoms with Gasteiger partial charge in [-0.3, -0.25) is 0 Å². The highest BCUT2D eigenvalue weighted by molar-refractivity contribution is 4.86. The molecule has 0 radical (unpaired) electrons. The van der Waals surface area contributed by atoms with E-state index >= 15 is 0 Å². The van der Waals surface area contributed by atoms with Crippen LogP contribution in [0.25, 0.3) is 0 Å². The molecule has 1 rings (SSSR count). The molecule has 0 aromatic heterocycles. The lowest BCUT2D eigenvalue weighted by Gasteiger charge is -2.38. The molecular weight excluding hydrogens is 277 g/mol. The third-order valence-corrected chi connectivity index (χ3v) is 4.65. The van der Waals surface area contributed by atoms with Crippen molar-refractivity contribution in [2.75, 3.05) is 26.7 Å². The van der Waals surface area contributed by atoms with Crippen molar-refractivity contribution >= 4 is 0 Å². The number of nitrogens with zero attached hydrogens (tertiary/aromatic N) is 1. The van der Waals surface area contributed by atoms with Gasteiger partial charge in [-0.15, -0.1) is 0 Å². The van der Waals surface area contributed by atoms with Gasteiger partial charge in [0, 0.05) is 19.1 Å². The van der Waals surface area contributed by atoms with Gasteiger partial charge in [0.25, 0.3) is 0 Å². The van der Waals surface area contributed by atoms with E-state index in [-0.39, 0.29) is 6.54 Å². The highest BCUT2D eigenvalue weighted by Gasteiger charge is 2.31. The summed E-state index contributed by atoms with van der Waals surface area (Å²) in [6.07, 6.45) is 1.09. The van der Waals surface area contributed by atoms with Crippen molar-refractivity contribution in [3.63, 3.8) is 0 Å². The Morgan fingerprint density at radius 2 is 1.90 bits per heavy atom. The third-order valence-electron chi connectivity index (χ3n) is 4.65. The summed E-state index contributed by atoms with van der Waals surface area (Å²) < 4.78 is 36.9. The fourth-order valence-electron chi connectivity index (χ4n) is 3.34. The summed E-state index contributed by atoms with van der Waals surface area (Å²) in [6.45, 7) is 6.25. The van der Waals surface area contributed by atoms with Gasteiger partial charge >= 0.3 is 6.18 Å². The van der Waals surface area contributed by atoms with E-state index in [0.717, 1.165) is 38.3 Å². The van der Waals surface area contributed by atoms with E-state index in [0.29, 0.717) is 12.0 Å². The number of hydrogen-bond acceptors (Lipinski definition) is 2. The van der Waals surface area contributed by atoms with Crippen molar-refractivity contribution in [3.05, 3.63) is 0 Å². The van der Waals surface area contributed by atoms with E-state index in [1.807, 2.05) is 11.9 Å². The molecule has 3 atom stereocenters. The van der Waals surface area contributed by atoms with Gasteiger partial charge < -0.3 is 10.2 Å². The molecule has 21 heavy (non-hydrogen) atoms. The van der Waals surface area contributed by atoms with Gasteiger partial charge in [-0.05, 0) is 51.1 Å². The molecule has 1 N–H and O–H groups in total. The third kappa shape index (κ3) is 7.50. The molecular formula is C16H31F3N2. The minimum absolute atomic E-state index is 0.108. The molecule has 1 aliphatic carbocycles. The minimum Gasteiger partial charge on any atom is -0.314 e. The molecule has 3 unspecified atom stereocenters. The molecule has 1 aliphatic rings. The van der Waals surface area contributed by atoms with Crippen LogP contribution < -0.4 is 5.32 Å². The molecule has 0 heterocycles. The Balaban J connectivity index is 2.48. The molecule has 0 aliphatic heterocycles. The minimum atomic E-state index is -4.05. The topological polar surface area (TPSA) is 15.3 Å². The second-order valence-corrected chi connectivity index (χ2v) is 6.54. The van der Waals surface area contributed by atoms with Crippen LogP contribution in [0.3, 0.4) is 0 Å². The van der Waals surface area contributed by atoms with E-state index in [4.69, 9.17) is 0 Å². The monoisotopic (exact) mass is 308 g/mol. The Hall–Kier alpha value is -0.290. The van der Waals surface area contributed by atoms with Gasteiger partial charge in [0.15, 0.2) is 0 Å². The first-order chi connectivity index (χ1) is 9.85. The van der Waals surface area contributed by atoms with E-state index in [1.54, 1.807) is 0 Å². The van der Waals surface area contributed by atoms with Crippen LogP contribution in [0.15, 0.2) is 0 Å². The van der Waals surface area contributed by atoms with Crippen molar-refractivity contribution in [1.82, 2.24) is 10.2 Å². The summed E-state index contributed by atoms with van der Waals surface area (Å²) in [5.41, 5.74) is 0. The Morgan fingerprint density at radius 1 is 1.19 bits per heavy atom. The van der Waals surface area contributed by atoms with Gasteiger partial charge in [-0.1, -0.05) is 20.3 Å². The van der Waals surface area contributed by atoms with Crippen LogP contribution in [0.1, 0.15) is 52.4 Å². The number of alkyl halides is 3.